The van der Waals surface area contributed by atoms with Gasteiger partial charge in [-0.25, -0.2) is 0 Å². The van der Waals surface area contributed by atoms with E-state index in [0.29, 0.717) is 0 Å². The molecule has 0 unspecified atom stereocenters. The molecule has 28 aromatic rings. The average Bonchev–Trinajstić information content (AvgIpc) is 1.55. The lowest BCUT2D eigenvalue weighted by Gasteiger charge is -2.29. The van der Waals surface area contributed by atoms with E-state index in [-0.39, 0.29) is 5.41 Å². The van der Waals surface area contributed by atoms with Gasteiger partial charge in [-0.3, -0.25) is 0 Å². The van der Waals surface area contributed by atoms with Gasteiger partial charge in [-0.2, -0.15) is 0 Å². The number of furan rings is 4. The molecule has 0 fully saturated rings. The molecule has 1 aliphatic rings. The van der Waals surface area contributed by atoms with Crippen LogP contribution in [-0.4, -0.2) is 0 Å². The second-order valence-electron chi connectivity index (χ2n) is 37.7. The molecule has 0 saturated carbocycles. The molecule has 7 heteroatoms. The maximum atomic E-state index is 6.37. The van der Waals surface area contributed by atoms with Crippen molar-refractivity contribution < 1.29 is 17.7 Å². The van der Waals surface area contributed by atoms with Crippen molar-refractivity contribution in [2.24, 2.45) is 0 Å². The molecule has 0 saturated heterocycles. The van der Waals surface area contributed by atoms with Crippen LogP contribution in [0.15, 0.2) is 521 Å². The third-order valence-corrected chi connectivity index (χ3v) is 29.2. The van der Waals surface area contributed by atoms with Crippen molar-refractivity contribution in [3.05, 3.63) is 515 Å². The van der Waals surface area contributed by atoms with Crippen molar-refractivity contribution in [2.45, 2.75) is 19.3 Å². The van der Waals surface area contributed by atoms with Crippen LogP contribution < -0.4 is 14.7 Å². The third-order valence-electron chi connectivity index (χ3n) is 29.2. The predicted molar refractivity (Wildman–Crippen MR) is 597 cm³/mol. The molecule has 0 amide bonds. The number of hydrogen-bond donors (Lipinski definition) is 0. The number of nitrogens with zero attached hydrogens (tertiary/aromatic N) is 3. The minimum absolute atomic E-state index is 0.0995. The van der Waals surface area contributed by atoms with E-state index in [2.05, 4.69) is 484 Å². The molecule has 0 spiro atoms. The number of rotatable bonds is 13. The number of anilines is 9. The quantitative estimate of drug-likeness (QED) is 0.107. The highest BCUT2D eigenvalue weighted by Crippen LogP contribution is 2.54. The van der Waals surface area contributed by atoms with Gasteiger partial charge in [0.25, 0.3) is 0 Å². The fourth-order valence-electron chi connectivity index (χ4n) is 22.2. The number of hydrogen-bond acceptors (Lipinski definition) is 7. The first-order chi connectivity index (χ1) is 70.1. The van der Waals surface area contributed by atoms with Crippen LogP contribution in [0.4, 0.5) is 51.2 Å². The maximum absolute atomic E-state index is 6.37. The molecule has 0 aliphatic heterocycles. The van der Waals surface area contributed by atoms with Crippen LogP contribution in [0.2, 0.25) is 0 Å². The third kappa shape index (κ3) is 14.3. The summed E-state index contributed by atoms with van der Waals surface area (Å²) in [5, 5.41) is 23.4. The minimum atomic E-state index is -0.0995. The van der Waals surface area contributed by atoms with Gasteiger partial charge in [0.1, 0.15) is 44.7 Å². The maximum Gasteiger partial charge on any atom is 0.137 e. The molecule has 4 heterocycles. The van der Waals surface area contributed by atoms with Gasteiger partial charge in [-0.15, -0.1) is 0 Å². The number of fused-ring (bicyclic) bond motifs is 24. The Balaban J connectivity index is 0.000000107. The van der Waals surface area contributed by atoms with Crippen molar-refractivity contribution in [3.63, 3.8) is 0 Å². The van der Waals surface area contributed by atoms with Crippen LogP contribution in [0, 0.1) is 0 Å². The second-order valence-corrected chi connectivity index (χ2v) is 37.7. The van der Waals surface area contributed by atoms with Crippen LogP contribution in [-0.2, 0) is 5.41 Å². The SMILES string of the molecule is CC1(C)c2ccccc2-c2ccc(N(c3ccc(-c4ccccc4)cc3)c3cccc4c3ccc3cc5c(cc34)oc3ccccc35)cc21.c1ccc(-c2ccc(N(c3ccc(-c4ccccc4)cc3)c3cccc4c3ccc3cc5c(cc34)oc3ccccc35)cc2)cc1.c1ccc(-c2ccc(N(c3ccc4c(c3)oc3ccccc34)c3cccc4c3ccc3cc5c(cc34)oc3ccccc35)cc2)cc1. The summed E-state index contributed by atoms with van der Waals surface area (Å²) in [7, 11) is 0. The van der Waals surface area contributed by atoms with E-state index in [0.717, 1.165) is 144 Å². The molecule has 0 atom stereocenters. The predicted octanol–water partition coefficient (Wildman–Crippen LogP) is 39.0. The first kappa shape index (κ1) is 82.9. The van der Waals surface area contributed by atoms with E-state index >= 15 is 0 Å². The largest absolute Gasteiger partial charge is 0.456 e. The molecule has 24 aromatic carbocycles. The normalized spacial score (nSPS) is 12.2. The lowest BCUT2D eigenvalue weighted by molar-refractivity contribution is 0.660. The van der Waals surface area contributed by atoms with Crippen LogP contribution >= 0.6 is 0 Å². The van der Waals surface area contributed by atoms with Gasteiger partial charge in [0.05, 0.1) is 17.1 Å². The number of para-hydroxylation sites is 4. The lowest BCUT2D eigenvalue weighted by atomic mass is 9.82. The van der Waals surface area contributed by atoms with E-state index in [9.17, 15) is 0 Å². The Hall–Kier alpha value is -18.6. The van der Waals surface area contributed by atoms with E-state index in [1.54, 1.807) is 0 Å². The molecule has 29 rings (SSSR count). The Morgan fingerprint density at radius 1 is 0.148 bits per heavy atom. The molecule has 7 nitrogen and oxygen atoms in total. The monoisotopic (exact) mass is 1820 g/mol. The van der Waals surface area contributed by atoms with Crippen molar-refractivity contribution in [2.75, 3.05) is 14.7 Å². The molecule has 0 radical (unpaired) electrons. The van der Waals surface area contributed by atoms with E-state index < -0.39 is 0 Å². The van der Waals surface area contributed by atoms with E-state index in [1.165, 1.54) is 126 Å². The molecule has 668 valence electrons. The van der Waals surface area contributed by atoms with Crippen molar-refractivity contribution >= 4 is 204 Å². The van der Waals surface area contributed by atoms with Gasteiger partial charge in [0.15, 0.2) is 0 Å². The molecule has 142 heavy (non-hydrogen) atoms. The minimum Gasteiger partial charge on any atom is -0.456 e. The summed E-state index contributed by atoms with van der Waals surface area (Å²) in [4.78, 5) is 7.15. The van der Waals surface area contributed by atoms with Gasteiger partial charge in [-0.1, -0.05) is 360 Å². The van der Waals surface area contributed by atoms with Gasteiger partial charge >= 0.3 is 0 Å². The molecule has 0 N–H and O–H groups in total. The van der Waals surface area contributed by atoms with Gasteiger partial charge in [-0.05, 0) is 267 Å². The summed E-state index contributed by atoms with van der Waals surface area (Å²) in [6.45, 7) is 4.70. The molecule has 0 bridgehead atoms. The average molecular weight is 1820 g/mol. The zero-order valence-electron chi connectivity index (χ0n) is 77.9. The zero-order chi connectivity index (χ0) is 94.0. The molecule has 4 aromatic heterocycles. The zero-order valence-corrected chi connectivity index (χ0v) is 77.9. The fraction of sp³-hybridized carbons (Fsp3) is 0.0222. The van der Waals surface area contributed by atoms with Gasteiger partial charge in [0, 0.05) is 105 Å². The summed E-state index contributed by atoms with van der Waals surface area (Å²) in [5.41, 5.74) is 32.1. The second kappa shape index (κ2) is 34.0. The van der Waals surface area contributed by atoms with Crippen molar-refractivity contribution in [1.29, 1.82) is 0 Å². The van der Waals surface area contributed by atoms with Crippen LogP contribution in [0.1, 0.15) is 25.0 Å². The summed E-state index contributed by atoms with van der Waals surface area (Å²) in [5.74, 6) is 0. The first-order valence-corrected chi connectivity index (χ1v) is 48.6. The molecular weight excluding hydrogens is 1730 g/mol. The van der Waals surface area contributed by atoms with Crippen molar-refractivity contribution in [1.82, 2.24) is 0 Å². The van der Waals surface area contributed by atoms with Crippen LogP contribution in [0.25, 0.3) is 208 Å². The fourth-order valence-corrected chi connectivity index (χ4v) is 22.2. The Labute approximate surface area is 819 Å². The van der Waals surface area contributed by atoms with E-state index in [4.69, 9.17) is 17.7 Å². The summed E-state index contributed by atoms with van der Waals surface area (Å²) < 4.78 is 25.3. The van der Waals surface area contributed by atoms with Crippen LogP contribution in [0.5, 0.6) is 0 Å². The smallest absolute Gasteiger partial charge is 0.137 e. The highest BCUT2D eigenvalue weighted by Gasteiger charge is 2.36. The highest BCUT2D eigenvalue weighted by atomic mass is 16.3. The first-order valence-electron chi connectivity index (χ1n) is 48.6. The number of benzene rings is 24. The summed E-state index contributed by atoms with van der Waals surface area (Å²) in [6.07, 6.45) is 0. The summed E-state index contributed by atoms with van der Waals surface area (Å²) >= 11 is 0. The standard InChI is InChI=1S/C47H33NO.C44H27NO2.C44H29NO/c1-47(2)42-16-8-6-13-36(42)37-26-24-34(28-43(37)47)48(33-22-19-31(20-23-33)30-11-4-3-5-12-30)44-17-10-15-35-38(44)25-21-32-27-41-39-14-7-9-18-45(39)49-46(41)29-40(32)35;1-2-9-28(10-3-1)29-17-20-31(21-18-29)45(32-22-24-37-35-11-4-6-15-41(35)46-43(37)26-32)40-14-8-13-33-34(40)23-19-30-25-39-36-12-5-7-16-42(36)47-44(39)27-38(30)33;1-3-10-30(11-4-1)32-18-23-35(24-19-32)45(36-25-20-33(21-26-36)31-12-5-2-6-13-31)42-16-9-15-37-38(42)27-22-34-28-41-39-14-7-8-17-43(39)46-44(41)29-40(34)37/h3-29H,1-2H3;1-27H;1-29H. The topological polar surface area (TPSA) is 62.3 Å². The molecule has 1 aliphatic carbocycles. The van der Waals surface area contributed by atoms with Crippen LogP contribution in [0.3, 0.4) is 0 Å². The Morgan fingerprint density at radius 3 is 0.761 bits per heavy atom. The summed E-state index contributed by atoms with van der Waals surface area (Å²) in [6, 6.07) is 180. The van der Waals surface area contributed by atoms with Crippen molar-refractivity contribution in [3.8, 4) is 55.6 Å². The molecular formula is C135H89N3O4. The van der Waals surface area contributed by atoms with Gasteiger partial charge < -0.3 is 32.4 Å². The Bertz CT molecular complexity index is 9730. The Morgan fingerprint density at radius 2 is 0.401 bits per heavy atom. The lowest BCUT2D eigenvalue weighted by Crippen LogP contribution is -2.16. The highest BCUT2D eigenvalue weighted by molar-refractivity contribution is 6.23. The Kier molecular flexibility index (Phi) is 19.8. The van der Waals surface area contributed by atoms with E-state index in [1.807, 2.05) is 48.5 Å². The van der Waals surface area contributed by atoms with Gasteiger partial charge in [0.2, 0.25) is 0 Å².